The molecule has 60 heavy (non-hydrogen) atoms. The van der Waals surface area contributed by atoms with Crippen molar-refractivity contribution in [2.24, 2.45) is 0 Å². The van der Waals surface area contributed by atoms with E-state index < -0.39 is 32.2 Å². The number of rotatable bonds is 4. The van der Waals surface area contributed by atoms with Gasteiger partial charge in [-0.15, -0.1) is 0 Å². The minimum atomic E-state index is -3.92. The number of phenolic OH excluding ortho intramolecular Hbond substituents is 3. The van der Waals surface area contributed by atoms with Gasteiger partial charge in [0, 0.05) is 41.5 Å². The van der Waals surface area contributed by atoms with Gasteiger partial charge < -0.3 is 39.6 Å². The first-order valence-electron chi connectivity index (χ1n) is 17.6. The zero-order valence-corrected chi connectivity index (χ0v) is 33.5. The van der Waals surface area contributed by atoms with Crippen molar-refractivity contribution < 1.29 is 70.5 Å². The topological polar surface area (TPSA) is 269 Å². The van der Waals surface area contributed by atoms with Gasteiger partial charge in [0.25, 0.3) is 21.6 Å². The van der Waals surface area contributed by atoms with Crippen LogP contribution in [0.2, 0.25) is 0 Å². The normalized spacial score (nSPS) is 13.5. The van der Waals surface area contributed by atoms with Crippen LogP contribution in [-0.4, -0.2) is 80.7 Å². The van der Waals surface area contributed by atoms with E-state index in [4.69, 9.17) is 22.3 Å². The van der Waals surface area contributed by atoms with Crippen LogP contribution in [0, 0.1) is 6.92 Å². The number of hydrogen-bond acceptors (Lipinski definition) is 11. The molecule has 0 saturated carbocycles. The van der Waals surface area contributed by atoms with E-state index in [0.717, 1.165) is 39.1 Å². The van der Waals surface area contributed by atoms with Gasteiger partial charge in [0.15, 0.2) is 0 Å². The molecule has 2 heterocycles. The van der Waals surface area contributed by atoms with Crippen molar-refractivity contribution in [1.82, 2.24) is 0 Å². The molecule has 0 spiro atoms. The zero-order valence-electron chi connectivity index (χ0n) is 31.9. The van der Waals surface area contributed by atoms with E-state index >= 15 is 0 Å². The van der Waals surface area contributed by atoms with Crippen molar-refractivity contribution in [1.29, 1.82) is 0 Å². The maximum atomic E-state index is 11.7. The largest absolute Gasteiger partial charge is 0.748 e. The van der Waals surface area contributed by atoms with Crippen molar-refractivity contribution in [3.63, 3.8) is 0 Å². The Kier molecular flexibility index (Phi) is 13.2. The lowest BCUT2D eigenvalue weighted by Crippen LogP contribution is -2.15. The number of ether oxygens (including phenoxy) is 2. The van der Waals surface area contributed by atoms with Gasteiger partial charge in [0.1, 0.15) is 28.7 Å². The molecule has 0 aliphatic carbocycles. The van der Waals surface area contributed by atoms with Crippen molar-refractivity contribution >= 4 is 32.2 Å². The Labute approximate surface area is 344 Å². The second-order valence-corrected chi connectivity index (χ2v) is 16.4. The summed E-state index contributed by atoms with van der Waals surface area (Å²) in [6.07, 6.45) is 1.32. The van der Waals surface area contributed by atoms with Gasteiger partial charge in [0.2, 0.25) is 0 Å². The number of carbonyl (C=O) groups is 2. The molecule has 1 unspecified atom stereocenters. The van der Waals surface area contributed by atoms with Crippen LogP contribution in [0.3, 0.4) is 0 Å². The second kappa shape index (κ2) is 17.9. The number of carboxylic acid groups (broad SMARTS) is 2. The van der Waals surface area contributed by atoms with Crippen molar-refractivity contribution in [3.8, 4) is 40.2 Å². The molecule has 0 bridgehead atoms. The van der Waals surface area contributed by atoms with Crippen LogP contribution in [0.5, 0.6) is 40.2 Å². The molecule has 6 aromatic carbocycles. The standard InChI is InChI=1S/C21H16O4.C20H14O5.2CH4O3S/c1-12-6-8-16-18(10-12)25-19-11-13(22)7-9-17(19)20(16)14-4-2-3-5-15(14)21(23)24;21-11-5-7-15-17(9-11)25-18-10-12(22)6-8-16(18)19(15)13-3-1-2-4-14(13)20(23)24;2*1-5(2,3)4/h2-11,20,22H,1H3,(H,23,24);1-10,19,21-22H,(H,23,24);2*1H3,(H,2,3,4). The summed E-state index contributed by atoms with van der Waals surface area (Å²) in [6, 6.07) is 34.4. The molecule has 7 N–H and O–H groups in total. The zero-order chi connectivity index (χ0) is 44.1. The van der Waals surface area contributed by atoms with E-state index in [0.29, 0.717) is 35.3 Å². The molecule has 2 aliphatic heterocycles. The van der Waals surface area contributed by atoms with E-state index in [1.165, 1.54) is 12.1 Å². The minimum absolute atomic E-state index is 0.0487. The van der Waals surface area contributed by atoms with E-state index in [9.17, 15) is 43.5 Å². The Hall–Kier alpha value is -6.92. The summed E-state index contributed by atoms with van der Waals surface area (Å²) in [6.45, 7) is 1.99. The molecular formula is C43H38O15S2. The first kappa shape index (κ1) is 44.2. The van der Waals surface area contributed by atoms with Crippen LogP contribution in [0.1, 0.15) is 71.5 Å². The predicted octanol–water partition coefficient (Wildman–Crippen LogP) is 7.29. The third kappa shape index (κ3) is 11.2. The van der Waals surface area contributed by atoms with E-state index in [-0.39, 0.29) is 40.2 Å². The fraction of sp³-hybridized carbons (Fsp3) is 0.116. The maximum Gasteiger partial charge on any atom is 0.335 e. The van der Waals surface area contributed by atoms with Crippen molar-refractivity contribution in [2.45, 2.75) is 18.8 Å². The van der Waals surface area contributed by atoms with Crippen LogP contribution in [0.15, 0.2) is 121 Å². The fourth-order valence-electron chi connectivity index (χ4n) is 6.71. The first-order valence-corrected chi connectivity index (χ1v) is 21.2. The molecule has 312 valence electrons. The predicted molar refractivity (Wildman–Crippen MR) is 218 cm³/mol. The van der Waals surface area contributed by atoms with Crippen LogP contribution in [0.25, 0.3) is 0 Å². The number of aromatic hydroxyl groups is 5. The second-order valence-electron chi connectivity index (χ2n) is 13.6. The van der Waals surface area contributed by atoms with Crippen LogP contribution in [0.4, 0.5) is 0 Å². The molecule has 8 rings (SSSR count). The summed E-state index contributed by atoms with van der Waals surface area (Å²) in [5.41, 5.74) is 6.28. The Morgan fingerprint density at radius 2 is 0.917 bits per heavy atom. The average molecular weight is 859 g/mol. The lowest BCUT2D eigenvalue weighted by atomic mass is 9.80. The number of fused-ring (bicyclic) bond motifs is 4. The highest BCUT2D eigenvalue weighted by Crippen LogP contribution is 2.51. The monoisotopic (exact) mass is 858 g/mol. The number of aromatic carboxylic acids is 2. The Morgan fingerprint density at radius 1 is 0.567 bits per heavy atom. The third-order valence-corrected chi connectivity index (χ3v) is 8.90. The van der Waals surface area contributed by atoms with Gasteiger partial charge in [0.05, 0.1) is 50.6 Å². The summed E-state index contributed by atoms with van der Waals surface area (Å²) in [5.74, 6) is 0.000358. The lowest BCUT2D eigenvalue weighted by molar-refractivity contribution is 0.0684. The van der Waals surface area contributed by atoms with E-state index in [2.05, 4.69) is 4.74 Å². The summed E-state index contributed by atoms with van der Waals surface area (Å²) in [5, 5.41) is 48.6. The van der Waals surface area contributed by atoms with E-state index in [1.54, 1.807) is 72.8 Å². The van der Waals surface area contributed by atoms with Gasteiger partial charge in [-0.2, -0.15) is 8.42 Å². The molecule has 15 nitrogen and oxygen atoms in total. The van der Waals surface area contributed by atoms with Gasteiger partial charge in [-0.25, -0.2) is 18.0 Å². The number of phenols is 3. The highest BCUT2D eigenvalue weighted by atomic mass is 32.2. The highest BCUT2D eigenvalue weighted by molar-refractivity contribution is 7.85. The average Bonchev–Trinajstić information content (AvgIpc) is 3.14. The molecule has 0 saturated heterocycles. The third-order valence-electron chi connectivity index (χ3n) is 8.90. The van der Waals surface area contributed by atoms with Crippen molar-refractivity contribution in [2.75, 3.05) is 12.5 Å². The molecule has 1 atom stereocenters. The van der Waals surface area contributed by atoms with Crippen LogP contribution >= 0.6 is 0 Å². The van der Waals surface area contributed by atoms with Crippen molar-refractivity contribution in [3.05, 3.63) is 171 Å². The molecule has 0 aromatic heterocycles. The number of hydrogen-bond donors (Lipinski definition) is 6. The molecule has 6 aromatic rings. The Bertz CT molecular complexity index is 2510. The maximum absolute atomic E-state index is 11.7. The molecule has 17 heteroatoms. The minimum Gasteiger partial charge on any atom is -0.748 e. The Morgan fingerprint density at radius 3 is 1.35 bits per heavy atom. The van der Waals surface area contributed by atoms with E-state index in [1.807, 2.05) is 43.3 Å². The molecule has 2 aliphatic rings. The highest BCUT2D eigenvalue weighted by Gasteiger charge is 2.35. The quantitative estimate of drug-likeness (QED) is 0.0749. The summed E-state index contributed by atoms with van der Waals surface area (Å²) >= 11 is 0. The summed E-state index contributed by atoms with van der Waals surface area (Å²) in [7, 11) is -7.58. The molecular weight excluding hydrogens is 821 g/mol. The van der Waals surface area contributed by atoms with Gasteiger partial charge >= 0.3 is 11.9 Å². The van der Waals surface area contributed by atoms with Gasteiger partial charge in [-0.05, 0) is 66.1 Å². The van der Waals surface area contributed by atoms with Gasteiger partial charge in [-0.3, -0.25) is 4.55 Å². The molecule has 0 fully saturated rings. The number of benzene rings is 6. The first-order chi connectivity index (χ1) is 28.1. The van der Waals surface area contributed by atoms with Crippen LogP contribution in [-0.2, 0) is 20.2 Å². The fourth-order valence-corrected chi connectivity index (χ4v) is 6.71. The van der Waals surface area contributed by atoms with Crippen LogP contribution < -0.4 is 4.74 Å². The lowest BCUT2D eigenvalue weighted by Gasteiger charge is -2.29. The molecule has 0 amide bonds. The Balaban J connectivity index is 0.000000186. The molecule has 0 radical (unpaired) electrons. The van der Waals surface area contributed by atoms with Gasteiger partial charge in [-0.1, -0.05) is 54.6 Å². The number of carboxylic acids is 2. The SMILES string of the molecule is CS(=O)(=O)O.CS(=O)(=O)[O-].Cc1ccc2c(c1)[OH+]c1cc(O)ccc1C2c1ccccc1C(=O)O.O=C(O)c1ccccc1C1c2ccc(O)cc2Oc2cc(O)ccc21. The smallest absolute Gasteiger partial charge is 0.335 e. The summed E-state index contributed by atoms with van der Waals surface area (Å²) < 4.78 is 63.6. The summed E-state index contributed by atoms with van der Waals surface area (Å²) in [4.78, 5) is 23.4. The number of aryl methyl sites for hydroxylation is 1.